The maximum atomic E-state index is 3.73. The van der Waals surface area contributed by atoms with E-state index in [0.717, 1.165) is 17.8 Å². The fourth-order valence-electron chi connectivity index (χ4n) is 3.81. The van der Waals surface area contributed by atoms with E-state index < -0.39 is 0 Å². The fourth-order valence-corrected chi connectivity index (χ4v) is 3.81. The van der Waals surface area contributed by atoms with E-state index in [1.807, 2.05) is 0 Å². The minimum atomic E-state index is 0.496. The first-order valence-electron chi connectivity index (χ1n) is 7.11. The summed E-state index contributed by atoms with van der Waals surface area (Å²) in [7, 11) is 0. The van der Waals surface area contributed by atoms with Gasteiger partial charge in [-0.15, -0.1) is 0 Å². The van der Waals surface area contributed by atoms with Crippen LogP contribution in [-0.2, 0) is 0 Å². The van der Waals surface area contributed by atoms with Crippen molar-refractivity contribution >= 4 is 0 Å². The van der Waals surface area contributed by atoms with E-state index in [0.29, 0.717) is 6.04 Å². The molecule has 3 unspecified atom stereocenters. The number of hydrogen-bond donors (Lipinski definition) is 1. The van der Waals surface area contributed by atoms with Crippen LogP contribution >= 0.6 is 0 Å². The van der Waals surface area contributed by atoms with E-state index in [9.17, 15) is 0 Å². The van der Waals surface area contributed by atoms with Gasteiger partial charge in [0.05, 0.1) is 0 Å². The quantitative estimate of drug-likeness (QED) is 0.828. The number of benzene rings is 1. The second-order valence-electron chi connectivity index (χ2n) is 5.98. The molecule has 1 nitrogen and oxygen atoms in total. The molecule has 2 fully saturated rings. The van der Waals surface area contributed by atoms with Crippen LogP contribution in [0.15, 0.2) is 30.3 Å². The monoisotopic (exact) mass is 229 g/mol. The van der Waals surface area contributed by atoms with Gasteiger partial charge in [-0.3, -0.25) is 0 Å². The van der Waals surface area contributed by atoms with Gasteiger partial charge in [0, 0.05) is 6.04 Å². The van der Waals surface area contributed by atoms with Gasteiger partial charge in [-0.2, -0.15) is 0 Å². The van der Waals surface area contributed by atoms with E-state index in [1.54, 1.807) is 0 Å². The molecule has 4 atom stereocenters. The van der Waals surface area contributed by atoms with Gasteiger partial charge in [0.15, 0.2) is 0 Å². The summed E-state index contributed by atoms with van der Waals surface area (Å²) in [4.78, 5) is 0. The molecule has 0 aromatic heterocycles. The van der Waals surface area contributed by atoms with Gasteiger partial charge in [-0.1, -0.05) is 36.8 Å². The first-order chi connectivity index (χ1) is 8.33. The zero-order valence-electron chi connectivity index (χ0n) is 10.7. The molecule has 2 aliphatic rings. The van der Waals surface area contributed by atoms with Gasteiger partial charge in [-0.25, -0.2) is 0 Å². The number of hydrogen-bond acceptors (Lipinski definition) is 1. The van der Waals surface area contributed by atoms with Crippen molar-refractivity contribution in [2.75, 3.05) is 6.54 Å². The van der Waals surface area contributed by atoms with Crippen LogP contribution in [0.3, 0.4) is 0 Å². The third-order valence-corrected chi connectivity index (χ3v) is 4.87. The Labute approximate surface area is 105 Å². The first kappa shape index (κ1) is 11.3. The molecule has 0 saturated heterocycles. The van der Waals surface area contributed by atoms with E-state index in [1.165, 1.54) is 37.8 Å². The van der Waals surface area contributed by atoms with Crippen LogP contribution in [0.4, 0.5) is 0 Å². The van der Waals surface area contributed by atoms with Crippen molar-refractivity contribution in [3.05, 3.63) is 35.9 Å². The summed E-state index contributed by atoms with van der Waals surface area (Å²) in [6.07, 6.45) is 6.01. The molecular weight excluding hydrogens is 206 g/mol. The molecular formula is C16H23N. The van der Waals surface area contributed by atoms with Crippen LogP contribution in [0.5, 0.6) is 0 Å². The molecule has 1 heteroatoms. The van der Waals surface area contributed by atoms with Crippen LogP contribution in [0.25, 0.3) is 0 Å². The van der Waals surface area contributed by atoms with Gasteiger partial charge in [0.1, 0.15) is 0 Å². The standard InChI is InChI=1S/C16H23N/c1-12(14-5-3-2-4-6-14)17-11-16-10-13-7-8-15(16)9-13/h2-6,12-13,15-17H,7-11H2,1H3/t12-,13?,15?,16?/m0/s1. The van der Waals surface area contributed by atoms with Gasteiger partial charge in [0.2, 0.25) is 0 Å². The molecule has 0 spiro atoms. The molecule has 92 valence electrons. The SMILES string of the molecule is C[C@H](NCC1CC2CCC1C2)c1ccccc1. The average Bonchev–Trinajstić information content (AvgIpc) is 2.99. The predicted molar refractivity (Wildman–Crippen MR) is 71.8 cm³/mol. The fraction of sp³-hybridized carbons (Fsp3) is 0.625. The average molecular weight is 229 g/mol. The summed E-state index contributed by atoms with van der Waals surface area (Å²) in [5.41, 5.74) is 1.41. The molecule has 0 heterocycles. The summed E-state index contributed by atoms with van der Waals surface area (Å²) in [6.45, 7) is 3.50. The lowest BCUT2D eigenvalue weighted by molar-refractivity contribution is 0.309. The Kier molecular flexibility index (Phi) is 3.19. The largest absolute Gasteiger partial charge is 0.310 e. The predicted octanol–water partition coefficient (Wildman–Crippen LogP) is 3.77. The zero-order valence-corrected chi connectivity index (χ0v) is 10.7. The summed E-state index contributed by atoms with van der Waals surface area (Å²) in [6, 6.07) is 11.3. The van der Waals surface area contributed by atoms with Crippen molar-refractivity contribution in [3.8, 4) is 0 Å². The highest BCUT2D eigenvalue weighted by Crippen LogP contribution is 2.48. The molecule has 0 aliphatic heterocycles. The van der Waals surface area contributed by atoms with Crippen LogP contribution in [-0.4, -0.2) is 6.54 Å². The molecule has 0 radical (unpaired) electrons. The minimum absolute atomic E-state index is 0.496. The second-order valence-corrected chi connectivity index (χ2v) is 5.98. The Hall–Kier alpha value is -0.820. The van der Waals surface area contributed by atoms with Crippen LogP contribution in [0, 0.1) is 17.8 Å². The third-order valence-electron chi connectivity index (χ3n) is 4.87. The Morgan fingerprint density at radius 3 is 2.65 bits per heavy atom. The van der Waals surface area contributed by atoms with Crippen molar-refractivity contribution in [1.29, 1.82) is 0 Å². The summed E-state index contributed by atoms with van der Waals surface area (Å²) >= 11 is 0. The van der Waals surface area contributed by atoms with Gasteiger partial charge in [0.25, 0.3) is 0 Å². The maximum Gasteiger partial charge on any atom is 0.0291 e. The van der Waals surface area contributed by atoms with Crippen LogP contribution in [0.2, 0.25) is 0 Å². The Morgan fingerprint density at radius 2 is 2.00 bits per heavy atom. The lowest BCUT2D eigenvalue weighted by Crippen LogP contribution is -2.28. The highest BCUT2D eigenvalue weighted by Gasteiger charge is 2.39. The molecule has 3 rings (SSSR count). The lowest BCUT2D eigenvalue weighted by Gasteiger charge is -2.24. The third kappa shape index (κ3) is 2.40. The van der Waals surface area contributed by atoms with E-state index in [-0.39, 0.29) is 0 Å². The Balaban J connectivity index is 1.51. The Morgan fingerprint density at radius 1 is 1.18 bits per heavy atom. The van der Waals surface area contributed by atoms with Crippen molar-refractivity contribution in [2.24, 2.45) is 17.8 Å². The highest BCUT2D eigenvalue weighted by molar-refractivity contribution is 5.18. The van der Waals surface area contributed by atoms with Gasteiger partial charge in [-0.05, 0) is 56.0 Å². The summed E-state index contributed by atoms with van der Waals surface area (Å²) < 4.78 is 0. The van der Waals surface area contributed by atoms with E-state index >= 15 is 0 Å². The lowest BCUT2D eigenvalue weighted by atomic mass is 9.88. The second kappa shape index (κ2) is 4.81. The molecule has 2 saturated carbocycles. The molecule has 17 heavy (non-hydrogen) atoms. The Bertz CT molecular complexity index is 359. The van der Waals surface area contributed by atoms with Crippen LogP contribution < -0.4 is 5.32 Å². The van der Waals surface area contributed by atoms with Gasteiger partial charge < -0.3 is 5.32 Å². The summed E-state index contributed by atoms with van der Waals surface area (Å²) in [5.74, 6) is 3.06. The molecule has 1 N–H and O–H groups in total. The number of fused-ring (bicyclic) bond motifs is 2. The smallest absolute Gasteiger partial charge is 0.0291 e. The van der Waals surface area contributed by atoms with Crippen molar-refractivity contribution in [2.45, 2.75) is 38.6 Å². The topological polar surface area (TPSA) is 12.0 Å². The molecule has 0 amide bonds. The minimum Gasteiger partial charge on any atom is -0.310 e. The zero-order chi connectivity index (χ0) is 11.7. The first-order valence-corrected chi connectivity index (χ1v) is 7.11. The normalized spacial score (nSPS) is 32.9. The van der Waals surface area contributed by atoms with E-state index in [2.05, 4.69) is 42.6 Å². The molecule has 2 aliphatic carbocycles. The van der Waals surface area contributed by atoms with Crippen molar-refractivity contribution in [1.82, 2.24) is 5.32 Å². The molecule has 2 bridgehead atoms. The highest BCUT2D eigenvalue weighted by atomic mass is 14.9. The van der Waals surface area contributed by atoms with E-state index in [4.69, 9.17) is 0 Å². The van der Waals surface area contributed by atoms with Crippen molar-refractivity contribution in [3.63, 3.8) is 0 Å². The van der Waals surface area contributed by atoms with Gasteiger partial charge >= 0.3 is 0 Å². The number of nitrogens with one attached hydrogen (secondary N) is 1. The van der Waals surface area contributed by atoms with Crippen molar-refractivity contribution < 1.29 is 0 Å². The van der Waals surface area contributed by atoms with Crippen LogP contribution in [0.1, 0.15) is 44.2 Å². The number of rotatable bonds is 4. The summed E-state index contributed by atoms with van der Waals surface area (Å²) in [5, 5.41) is 3.73. The molecule has 1 aromatic carbocycles. The maximum absolute atomic E-state index is 3.73. The molecule has 1 aromatic rings.